The zero-order valence-electron chi connectivity index (χ0n) is 13.6. The van der Waals surface area contributed by atoms with Gasteiger partial charge < -0.3 is 9.47 Å². The fourth-order valence-corrected chi connectivity index (χ4v) is 3.16. The molecule has 0 atom stereocenters. The van der Waals surface area contributed by atoms with E-state index in [0.717, 1.165) is 44.3 Å². The van der Waals surface area contributed by atoms with Crippen LogP contribution in [0.5, 0.6) is 11.5 Å². The SMILES string of the molecule is COc1ccc(-c2cccc3ccc4cccnc4c23)c(OC)c1. The lowest BCUT2D eigenvalue weighted by atomic mass is 9.95. The van der Waals surface area contributed by atoms with Crippen LogP contribution in [0.4, 0.5) is 0 Å². The van der Waals surface area contributed by atoms with Gasteiger partial charge in [0.2, 0.25) is 0 Å². The molecular formula is C21H17NO2. The molecule has 3 aromatic carbocycles. The van der Waals surface area contributed by atoms with Gasteiger partial charge in [-0.1, -0.05) is 36.4 Å². The van der Waals surface area contributed by atoms with E-state index in [0.29, 0.717) is 0 Å². The minimum absolute atomic E-state index is 0.777. The quantitative estimate of drug-likeness (QED) is 0.494. The molecule has 0 aliphatic carbocycles. The summed E-state index contributed by atoms with van der Waals surface area (Å²) >= 11 is 0. The van der Waals surface area contributed by atoms with Crippen LogP contribution in [0.2, 0.25) is 0 Å². The van der Waals surface area contributed by atoms with Crippen molar-refractivity contribution in [1.29, 1.82) is 0 Å². The third-order valence-electron chi connectivity index (χ3n) is 4.31. The minimum Gasteiger partial charge on any atom is -0.497 e. The van der Waals surface area contributed by atoms with E-state index in [9.17, 15) is 0 Å². The van der Waals surface area contributed by atoms with Gasteiger partial charge in [-0.2, -0.15) is 0 Å². The maximum Gasteiger partial charge on any atom is 0.130 e. The van der Waals surface area contributed by atoms with Gasteiger partial charge in [-0.25, -0.2) is 0 Å². The number of rotatable bonds is 3. The summed E-state index contributed by atoms with van der Waals surface area (Å²) in [6.07, 6.45) is 1.84. The van der Waals surface area contributed by atoms with Crippen LogP contribution in [-0.4, -0.2) is 19.2 Å². The van der Waals surface area contributed by atoms with Crippen LogP contribution in [0.15, 0.2) is 66.9 Å². The molecule has 0 radical (unpaired) electrons. The van der Waals surface area contributed by atoms with E-state index in [4.69, 9.17) is 9.47 Å². The summed E-state index contributed by atoms with van der Waals surface area (Å²) < 4.78 is 10.9. The average molecular weight is 315 g/mol. The van der Waals surface area contributed by atoms with Gasteiger partial charge in [-0.3, -0.25) is 4.98 Å². The maximum absolute atomic E-state index is 5.60. The first-order chi connectivity index (χ1) is 11.8. The molecule has 0 amide bonds. The monoisotopic (exact) mass is 315 g/mol. The number of hydrogen-bond acceptors (Lipinski definition) is 3. The highest BCUT2D eigenvalue weighted by Gasteiger charge is 2.13. The fraction of sp³-hybridized carbons (Fsp3) is 0.0952. The Morgan fingerprint density at radius 3 is 2.42 bits per heavy atom. The molecule has 118 valence electrons. The first kappa shape index (κ1) is 14.5. The third kappa shape index (κ3) is 2.26. The van der Waals surface area contributed by atoms with Crippen molar-refractivity contribution >= 4 is 21.7 Å². The summed E-state index contributed by atoms with van der Waals surface area (Å²) in [7, 11) is 3.34. The number of aromatic nitrogens is 1. The topological polar surface area (TPSA) is 31.4 Å². The second kappa shape index (κ2) is 5.85. The van der Waals surface area contributed by atoms with Crippen LogP contribution >= 0.6 is 0 Å². The Morgan fingerprint density at radius 1 is 0.750 bits per heavy atom. The summed E-state index contributed by atoms with van der Waals surface area (Å²) in [6.45, 7) is 0. The van der Waals surface area contributed by atoms with E-state index in [1.807, 2.05) is 30.5 Å². The van der Waals surface area contributed by atoms with Crippen molar-refractivity contribution in [2.45, 2.75) is 0 Å². The van der Waals surface area contributed by atoms with Crippen LogP contribution in [0, 0.1) is 0 Å². The van der Waals surface area contributed by atoms with E-state index in [-0.39, 0.29) is 0 Å². The molecule has 0 spiro atoms. The number of methoxy groups -OCH3 is 2. The lowest BCUT2D eigenvalue weighted by Gasteiger charge is -2.14. The standard InChI is InChI=1S/C21H17NO2/c1-23-16-10-11-17(19(13-16)24-2)18-7-3-5-14-8-9-15-6-4-12-22-21(15)20(14)18/h3-13H,1-2H3. The van der Waals surface area contributed by atoms with Crippen molar-refractivity contribution < 1.29 is 9.47 Å². The van der Waals surface area contributed by atoms with Crippen LogP contribution in [0.25, 0.3) is 32.8 Å². The Hall–Kier alpha value is -3.07. The number of ether oxygens (including phenoxy) is 2. The van der Waals surface area contributed by atoms with Gasteiger partial charge >= 0.3 is 0 Å². The Labute approximate surface area is 140 Å². The van der Waals surface area contributed by atoms with Gasteiger partial charge in [0.25, 0.3) is 0 Å². The first-order valence-corrected chi connectivity index (χ1v) is 7.80. The molecule has 3 nitrogen and oxygen atoms in total. The largest absolute Gasteiger partial charge is 0.497 e. The maximum atomic E-state index is 5.60. The summed E-state index contributed by atoms with van der Waals surface area (Å²) in [6, 6.07) is 20.5. The van der Waals surface area contributed by atoms with E-state index in [1.54, 1.807) is 14.2 Å². The average Bonchev–Trinajstić information content (AvgIpc) is 2.66. The van der Waals surface area contributed by atoms with Crippen LogP contribution in [0.3, 0.4) is 0 Å². The van der Waals surface area contributed by atoms with Gasteiger partial charge in [0.15, 0.2) is 0 Å². The molecular weight excluding hydrogens is 298 g/mol. The predicted molar refractivity (Wildman–Crippen MR) is 97.8 cm³/mol. The van der Waals surface area contributed by atoms with Gasteiger partial charge in [0, 0.05) is 28.6 Å². The van der Waals surface area contributed by atoms with Crippen molar-refractivity contribution in [2.24, 2.45) is 0 Å². The van der Waals surface area contributed by atoms with E-state index < -0.39 is 0 Å². The zero-order valence-corrected chi connectivity index (χ0v) is 13.6. The Morgan fingerprint density at radius 2 is 1.58 bits per heavy atom. The molecule has 0 saturated carbocycles. The van der Waals surface area contributed by atoms with Crippen molar-refractivity contribution in [3.05, 3.63) is 66.9 Å². The van der Waals surface area contributed by atoms with Crippen molar-refractivity contribution in [2.75, 3.05) is 14.2 Å². The minimum atomic E-state index is 0.777. The van der Waals surface area contributed by atoms with Crippen molar-refractivity contribution in [1.82, 2.24) is 4.98 Å². The van der Waals surface area contributed by atoms with Gasteiger partial charge in [-0.05, 0) is 29.1 Å². The van der Waals surface area contributed by atoms with Crippen LogP contribution < -0.4 is 9.47 Å². The number of fused-ring (bicyclic) bond motifs is 3. The van der Waals surface area contributed by atoms with E-state index >= 15 is 0 Å². The summed E-state index contributed by atoms with van der Waals surface area (Å²) in [5, 5.41) is 3.43. The highest BCUT2D eigenvalue weighted by molar-refractivity contribution is 6.12. The molecule has 1 aromatic heterocycles. The summed E-state index contributed by atoms with van der Waals surface area (Å²) in [4.78, 5) is 4.62. The highest BCUT2D eigenvalue weighted by Crippen LogP contribution is 2.39. The van der Waals surface area contributed by atoms with Crippen molar-refractivity contribution in [3.8, 4) is 22.6 Å². The number of benzene rings is 3. The molecule has 4 rings (SSSR count). The molecule has 0 bridgehead atoms. The number of pyridine rings is 1. The molecule has 0 aliphatic rings. The molecule has 0 N–H and O–H groups in total. The molecule has 0 fully saturated rings. The highest BCUT2D eigenvalue weighted by atomic mass is 16.5. The van der Waals surface area contributed by atoms with E-state index in [1.165, 1.54) is 0 Å². The Kier molecular flexibility index (Phi) is 3.54. The molecule has 0 aliphatic heterocycles. The van der Waals surface area contributed by atoms with Crippen molar-refractivity contribution in [3.63, 3.8) is 0 Å². The zero-order chi connectivity index (χ0) is 16.5. The van der Waals surface area contributed by atoms with Crippen LogP contribution in [-0.2, 0) is 0 Å². The smallest absolute Gasteiger partial charge is 0.130 e. The molecule has 4 aromatic rings. The lowest BCUT2D eigenvalue weighted by Crippen LogP contribution is -1.92. The molecule has 1 heterocycles. The fourth-order valence-electron chi connectivity index (χ4n) is 3.16. The normalized spacial score (nSPS) is 10.9. The summed E-state index contributed by atoms with van der Waals surface area (Å²) in [5.74, 6) is 1.56. The van der Waals surface area contributed by atoms with Gasteiger partial charge in [0.1, 0.15) is 11.5 Å². The lowest BCUT2D eigenvalue weighted by molar-refractivity contribution is 0.395. The van der Waals surface area contributed by atoms with Crippen LogP contribution in [0.1, 0.15) is 0 Å². The van der Waals surface area contributed by atoms with E-state index in [2.05, 4.69) is 41.4 Å². The number of nitrogens with zero attached hydrogens (tertiary/aromatic N) is 1. The first-order valence-electron chi connectivity index (χ1n) is 7.80. The Balaban J connectivity index is 2.09. The van der Waals surface area contributed by atoms with Gasteiger partial charge in [-0.15, -0.1) is 0 Å². The predicted octanol–water partition coefficient (Wildman–Crippen LogP) is 5.07. The third-order valence-corrected chi connectivity index (χ3v) is 4.31. The molecule has 0 unspecified atom stereocenters. The second-order valence-electron chi connectivity index (χ2n) is 5.61. The van der Waals surface area contributed by atoms with Gasteiger partial charge in [0.05, 0.1) is 19.7 Å². The number of hydrogen-bond donors (Lipinski definition) is 0. The second-order valence-corrected chi connectivity index (χ2v) is 5.61. The molecule has 0 saturated heterocycles. The molecule has 3 heteroatoms. The molecule has 24 heavy (non-hydrogen) atoms. The summed E-state index contributed by atoms with van der Waals surface area (Å²) in [5.41, 5.74) is 3.14. The Bertz CT molecular complexity index is 1040.